The first-order chi connectivity index (χ1) is 43.5. The fraction of sp³-hybridized carbons (Fsp3) is 0.889. The van der Waals surface area contributed by atoms with Crippen molar-refractivity contribution in [2.45, 2.75) is 242 Å². The Morgan fingerprint density at radius 1 is 0.531 bits per heavy atom. The Hall–Kier alpha value is -3.93. The topological polar surface area (TPSA) is 250 Å². The summed E-state index contributed by atoms with van der Waals surface area (Å²) in [5.74, 6) is -2.33. The zero-order valence-electron chi connectivity index (χ0n) is 59.5. The molecule has 9 saturated heterocycles. The predicted molar refractivity (Wildman–Crippen MR) is 343 cm³/mol. The summed E-state index contributed by atoms with van der Waals surface area (Å²) in [5.41, 5.74) is -1.45. The molecule has 8 atom stereocenters. The van der Waals surface area contributed by atoms with Gasteiger partial charge in [-0.2, -0.15) is 13.2 Å². The number of hydrogen-bond acceptors (Lipinski definition) is 19. The number of carbonyl (C=O) groups excluding carboxylic acids is 7. The summed E-state index contributed by atoms with van der Waals surface area (Å²) in [6, 6.07) is -0.990. The number of ether oxygens (including phenoxy) is 6. The van der Waals surface area contributed by atoms with E-state index in [1.165, 1.54) is 27.1 Å². The number of nitrogens with one attached hydrogen (secondary N) is 1. The number of Topliss-reactive ketones (excluding diaryl/α,β-unsaturated/α-hetero) is 1. The molecule has 9 aliphatic heterocycles. The van der Waals surface area contributed by atoms with Gasteiger partial charge in [-0.25, -0.2) is 31.9 Å². The first-order valence-electron chi connectivity index (χ1n) is 32.8. The van der Waals surface area contributed by atoms with Crippen LogP contribution in [0.1, 0.15) is 154 Å². The first kappa shape index (κ1) is 90.1. The minimum absolute atomic E-state index is 0. The molecule has 0 aliphatic carbocycles. The molecule has 23 nitrogen and oxygen atoms in total. The smallest absolute Gasteiger partial charge is 1.00 e. The third kappa shape index (κ3) is 31.3. The van der Waals surface area contributed by atoms with E-state index in [0.29, 0.717) is 90.8 Å². The van der Waals surface area contributed by atoms with Crippen molar-refractivity contribution in [3.63, 3.8) is 0 Å². The third-order valence-electron chi connectivity index (χ3n) is 17.0. The number of alkyl halides is 7. The summed E-state index contributed by atoms with van der Waals surface area (Å²) < 4.78 is 120. The molecule has 4 amide bonds. The van der Waals surface area contributed by atoms with Crippen molar-refractivity contribution in [3.05, 3.63) is 0 Å². The number of methoxy groups -OCH3 is 2. The zero-order valence-corrected chi connectivity index (χ0v) is 59.3. The van der Waals surface area contributed by atoms with Crippen LogP contribution in [0.15, 0.2) is 0 Å². The van der Waals surface area contributed by atoms with Gasteiger partial charge >= 0.3 is 61.2 Å². The van der Waals surface area contributed by atoms with Gasteiger partial charge in [-0.3, -0.25) is 33.9 Å². The predicted octanol–water partition coefficient (Wildman–Crippen LogP) is 4.11. The molecular formula is C63H109BClF7LiN8O15. The Morgan fingerprint density at radius 2 is 0.875 bits per heavy atom. The number of nitrogens with zero attached hydrogens (tertiary/aromatic N) is 7. The van der Waals surface area contributed by atoms with Crippen molar-refractivity contribution in [3.8, 4) is 0 Å². The molecule has 0 saturated carbocycles. The van der Waals surface area contributed by atoms with Gasteiger partial charge in [-0.15, -0.1) is 12.4 Å². The van der Waals surface area contributed by atoms with Crippen LogP contribution in [-0.4, -0.2) is 304 Å². The molecule has 0 bridgehead atoms. The van der Waals surface area contributed by atoms with Gasteiger partial charge in [-0.1, -0.05) is 0 Å². The Kier molecular flexibility index (Phi) is 39.7. The summed E-state index contributed by atoms with van der Waals surface area (Å²) in [6.07, 6.45) is -1.09. The van der Waals surface area contributed by atoms with Crippen molar-refractivity contribution in [2.75, 3.05) is 119 Å². The van der Waals surface area contributed by atoms with Crippen molar-refractivity contribution >= 4 is 62.7 Å². The fourth-order valence-corrected chi connectivity index (χ4v) is 12.4. The first-order valence-corrected chi connectivity index (χ1v) is 32.8. The van der Waals surface area contributed by atoms with Crippen LogP contribution in [0.25, 0.3) is 0 Å². The molecule has 33 heteroatoms. The molecule has 0 aromatic carbocycles. The number of amides is 4. The van der Waals surface area contributed by atoms with Crippen LogP contribution >= 0.6 is 12.4 Å². The standard InChI is InChI=1S/C16H27FN2O4.C15H27FN2O3.C12H18F4N2O2.C10H17NO3.C6H10FNO2.C4H8O.B.ClH.Li.H/c1-16(2,3)23-15(21)18-7-5-12(6-8-18)19-10-11(17)9-13(19)14(20)22-4;1-15(2,3)21-14(20)17-6-4-12(5-7-17)18-9-11(16)8-13(18)10-19;13-8-5-10(7-19)18(6-8)9-1-3-17(4-2-9)11(20)12(14,15)16;1-10(2,3)14-9(13)11-6-4-8(12)5-7-11;1-10-6(9)5-2-4(7)3-8-5;1-2-4-5-3-1;;;;/h11-13H,5-10H2,1-4H3;11-13,19H,4-10H2,1-3H3;8-10,19H,1-7H2;4-7H2,1-3H3;4-5,8H,2-3H2,1H3;1-4H2;;1H;;/q;;;;;;;;+1;-1/t2*11-,13-;8-,10-;;4-,5-;;;;;/m111.1...../s1. The van der Waals surface area contributed by atoms with Crippen LogP contribution in [0.3, 0.4) is 0 Å². The SMILES string of the molecule is C1CCOC1.CC(C)(C)OC(=O)N1CCC(=O)CC1.CC(C)(C)OC(=O)N1CCC(N2C[C@H](F)C[C@@H]2CO)CC1.COC(=O)[C@H]1C[C@@H](F)CN1.COC(=O)[C@H]1C[C@@H](F)CN1C1CCN(C(=O)OC(C)(C)C)CC1.Cl.O=C(N1CCC(N2C[C@H](F)C[C@@H]2CO)CC1)C(F)(F)F.[B].[H-].[Li+]. The Labute approximate surface area is 584 Å². The van der Waals surface area contributed by atoms with Crippen molar-refractivity contribution in [2.24, 2.45) is 0 Å². The molecular weight excluding hydrogens is 1290 g/mol. The average Bonchev–Trinajstić information content (AvgIpc) is 1.74. The number of likely N-dealkylation sites (tertiary alicyclic amines) is 7. The van der Waals surface area contributed by atoms with Gasteiger partial charge in [0.25, 0.3) is 0 Å². The Morgan fingerprint density at radius 3 is 1.19 bits per heavy atom. The fourth-order valence-electron chi connectivity index (χ4n) is 12.4. The maximum atomic E-state index is 13.7. The molecule has 3 N–H and O–H groups in total. The second-order valence-electron chi connectivity index (χ2n) is 27.9. The van der Waals surface area contributed by atoms with Crippen LogP contribution in [0, 0.1) is 0 Å². The molecule has 9 fully saturated rings. The van der Waals surface area contributed by atoms with Gasteiger partial charge in [0.2, 0.25) is 0 Å². The monoisotopic (exact) mass is 1400 g/mol. The number of hydrogen-bond donors (Lipinski definition) is 3. The summed E-state index contributed by atoms with van der Waals surface area (Å²) in [4.78, 5) is 91.8. The minimum atomic E-state index is -4.84. The van der Waals surface area contributed by atoms with E-state index < -0.39 is 65.7 Å². The van der Waals surface area contributed by atoms with Gasteiger partial charge in [0.15, 0.2) is 0 Å². The molecule has 551 valence electrons. The number of carbonyl (C=O) groups is 7. The molecule has 0 aromatic heterocycles. The largest absolute Gasteiger partial charge is 1.00 e. The maximum Gasteiger partial charge on any atom is 1.00 e. The molecule has 9 aliphatic rings. The summed E-state index contributed by atoms with van der Waals surface area (Å²) >= 11 is 0. The van der Waals surface area contributed by atoms with Gasteiger partial charge in [0, 0.05) is 156 Å². The van der Waals surface area contributed by atoms with E-state index in [4.69, 9.17) is 23.7 Å². The van der Waals surface area contributed by atoms with E-state index in [0.717, 1.165) is 31.0 Å². The summed E-state index contributed by atoms with van der Waals surface area (Å²) in [5, 5.41) is 21.3. The van der Waals surface area contributed by atoms with Gasteiger partial charge in [-0.05, 0) is 127 Å². The number of esters is 2. The number of aliphatic hydroxyl groups is 2. The molecule has 9 heterocycles. The normalized spacial score (nSPS) is 26.3. The molecule has 0 unspecified atom stereocenters. The number of piperidine rings is 4. The van der Waals surface area contributed by atoms with Crippen LogP contribution < -0.4 is 24.2 Å². The van der Waals surface area contributed by atoms with Crippen molar-refractivity contribution < 1.29 is 123 Å². The van der Waals surface area contributed by atoms with Gasteiger partial charge in [0.1, 0.15) is 59.4 Å². The van der Waals surface area contributed by atoms with Gasteiger partial charge in [0.05, 0.1) is 27.4 Å². The van der Waals surface area contributed by atoms with E-state index in [1.807, 2.05) is 72.1 Å². The zero-order chi connectivity index (χ0) is 69.6. The Balaban J connectivity index is 0.00000118. The van der Waals surface area contributed by atoms with Crippen LogP contribution in [0.5, 0.6) is 0 Å². The second kappa shape index (κ2) is 42.4. The van der Waals surface area contributed by atoms with E-state index in [9.17, 15) is 74.5 Å². The van der Waals surface area contributed by atoms with Crippen LogP contribution in [0.4, 0.5) is 45.1 Å². The van der Waals surface area contributed by atoms with Crippen LogP contribution in [-0.2, 0) is 47.6 Å². The van der Waals surface area contributed by atoms with E-state index >= 15 is 0 Å². The van der Waals surface area contributed by atoms with Gasteiger partial charge < -0.3 is 65.0 Å². The minimum Gasteiger partial charge on any atom is -1.00 e. The third-order valence-corrected chi connectivity index (χ3v) is 17.0. The molecule has 0 aromatic rings. The Bertz CT molecular complexity index is 2340. The number of aliphatic hydroxyl groups excluding tert-OH is 2. The molecule has 0 spiro atoms. The summed E-state index contributed by atoms with van der Waals surface area (Å²) in [7, 11) is 2.63. The number of rotatable bonds is 7. The maximum absolute atomic E-state index is 13.7. The number of halogens is 8. The van der Waals surface area contributed by atoms with E-state index in [-0.39, 0.29) is 173 Å². The van der Waals surface area contributed by atoms with E-state index in [1.54, 1.807) is 14.7 Å². The second-order valence-corrected chi connectivity index (χ2v) is 27.9. The average molecular weight is 1400 g/mol. The van der Waals surface area contributed by atoms with Crippen LogP contribution in [0.2, 0.25) is 0 Å². The molecule has 3 radical (unpaired) electrons. The molecule has 9 rings (SSSR count). The quantitative estimate of drug-likeness (QED) is 0.140. The van der Waals surface area contributed by atoms with E-state index in [2.05, 4.69) is 15.0 Å². The van der Waals surface area contributed by atoms with Crippen molar-refractivity contribution in [1.29, 1.82) is 0 Å². The number of ketones is 1. The summed E-state index contributed by atoms with van der Waals surface area (Å²) in [6.45, 7) is 23.0. The van der Waals surface area contributed by atoms with Crippen molar-refractivity contribution in [1.82, 2.24) is 39.6 Å². The molecule has 96 heavy (non-hydrogen) atoms.